The first kappa shape index (κ1) is 17.6. The van der Waals surface area contributed by atoms with Gasteiger partial charge in [-0.25, -0.2) is 4.98 Å². The monoisotopic (exact) mass is 358 g/mol. The van der Waals surface area contributed by atoms with Crippen molar-refractivity contribution in [2.24, 2.45) is 11.5 Å². The standard InChI is InChI=1S/C18H22N4O2S/c1-18(17(20)24)8-2-3-9-22(18)10-14-11-25-16(21-14)13-6-4-12(5-7-13)15(19)23/h4-7,11H,2-3,8-10H2,1H3,(H2,19,23)(H2,20,24). The van der Waals surface area contributed by atoms with E-state index in [-0.39, 0.29) is 5.91 Å². The molecule has 0 radical (unpaired) electrons. The molecule has 6 nitrogen and oxygen atoms in total. The first-order valence-electron chi connectivity index (χ1n) is 8.30. The van der Waals surface area contributed by atoms with Gasteiger partial charge in [-0.1, -0.05) is 12.1 Å². The van der Waals surface area contributed by atoms with E-state index in [1.165, 1.54) is 0 Å². The highest BCUT2D eigenvalue weighted by Gasteiger charge is 2.39. The Morgan fingerprint density at radius 2 is 1.96 bits per heavy atom. The lowest BCUT2D eigenvalue weighted by molar-refractivity contribution is -0.132. The fraction of sp³-hybridized carbons (Fsp3) is 0.389. The maximum absolute atomic E-state index is 11.9. The minimum Gasteiger partial charge on any atom is -0.368 e. The molecule has 1 aromatic heterocycles. The number of nitrogens with zero attached hydrogens (tertiary/aromatic N) is 2. The number of rotatable bonds is 5. The van der Waals surface area contributed by atoms with Crippen molar-refractivity contribution in [1.29, 1.82) is 0 Å². The molecule has 0 aliphatic carbocycles. The van der Waals surface area contributed by atoms with Crippen molar-refractivity contribution in [2.75, 3.05) is 6.54 Å². The van der Waals surface area contributed by atoms with Crippen LogP contribution in [0.4, 0.5) is 0 Å². The van der Waals surface area contributed by atoms with Crippen LogP contribution in [0.25, 0.3) is 10.6 Å². The number of hydrogen-bond donors (Lipinski definition) is 2. The van der Waals surface area contributed by atoms with Crippen molar-refractivity contribution >= 4 is 23.2 Å². The van der Waals surface area contributed by atoms with Crippen LogP contribution in [0.1, 0.15) is 42.2 Å². The Morgan fingerprint density at radius 3 is 2.60 bits per heavy atom. The predicted molar refractivity (Wildman–Crippen MR) is 97.9 cm³/mol. The van der Waals surface area contributed by atoms with Crippen LogP contribution in [0.2, 0.25) is 0 Å². The summed E-state index contributed by atoms with van der Waals surface area (Å²) in [5.41, 5.74) is 12.6. The molecule has 2 heterocycles. The van der Waals surface area contributed by atoms with Crippen LogP contribution in [-0.4, -0.2) is 33.8 Å². The van der Waals surface area contributed by atoms with Gasteiger partial charge in [0.2, 0.25) is 11.8 Å². The molecule has 1 aromatic carbocycles. The highest BCUT2D eigenvalue weighted by atomic mass is 32.1. The van der Waals surface area contributed by atoms with Gasteiger partial charge in [-0.2, -0.15) is 0 Å². The first-order chi connectivity index (χ1) is 11.9. The van der Waals surface area contributed by atoms with Crippen LogP contribution in [0.5, 0.6) is 0 Å². The molecule has 4 N–H and O–H groups in total. The number of aromatic nitrogens is 1. The van der Waals surface area contributed by atoms with E-state index in [1.807, 2.05) is 24.4 Å². The number of hydrogen-bond acceptors (Lipinski definition) is 5. The van der Waals surface area contributed by atoms with Gasteiger partial charge in [-0.15, -0.1) is 11.3 Å². The maximum atomic E-state index is 11.9. The van der Waals surface area contributed by atoms with E-state index >= 15 is 0 Å². The van der Waals surface area contributed by atoms with E-state index in [4.69, 9.17) is 11.5 Å². The van der Waals surface area contributed by atoms with Gasteiger partial charge in [0.15, 0.2) is 0 Å². The fourth-order valence-electron chi connectivity index (χ4n) is 3.19. The minimum atomic E-state index is -0.606. The van der Waals surface area contributed by atoms with E-state index in [0.717, 1.165) is 42.1 Å². The molecule has 2 amide bonds. The predicted octanol–water partition coefficient (Wildman–Crippen LogP) is 2.14. The summed E-state index contributed by atoms with van der Waals surface area (Å²) in [7, 11) is 0. The molecule has 0 bridgehead atoms. The van der Waals surface area contributed by atoms with Crippen molar-refractivity contribution in [2.45, 2.75) is 38.3 Å². The van der Waals surface area contributed by atoms with Gasteiger partial charge in [-0.05, 0) is 44.9 Å². The lowest BCUT2D eigenvalue weighted by Crippen LogP contribution is -2.57. The highest BCUT2D eigenvalue weighted by molar-refractivity contribution is 7.13. The van der Waals surface area contributed by atoms with Gasteiger partial charge in [0.25, 0.3) is 0 Å². The highest BCUT2D eigenvalue weighted by Crippen LogP contribution is 2.31. The maximum Gasteiger partial charge on any atom is 0.248 e. The van der Waals surface area contributed by atoms with Crippen LogP contribution in [0.3, 0.4) is 0 Å². The summed E-state index contributed by atoms with van der Waals surface area (Å²) in [5, 5.41) is 2.89. The average molecular weight is 358 g/mol. The van der Waals surface area contributed by atoms with Gasteiger partial charge in [0.05, 0.1) is 11.2 Å². The zero-order valence-electron chi connectivity index (χ0n) is 14.2. The smallest absolute Gasteiger partial charge is 0.248 e. The third kappa shape index (κ3) is 3.57. The van der Waals surface area contributed by atoms with E-state index in [0.29, 0.717) is 12.1 Å². The largest absolute Gasteiger partial charge is 0.368 e. The Morgan fingerprint density at radius 1 is 1.24 bits per heavy atom. The summed E-state index contributed by atoms with van der Waals surface area (Å²) in [6, 6.07) is 7.09. The lowest BCUT2D eigenvalue weighted by Gasteiger charge is -2.42. The third-order valence-electron chi connectivity index (χ3n) is 4.89. The van der Waals surface area contributed by atoms with Crippen molar-refractivity contribution in [3.8, 4) is 10.6 Å². The molecule has 1 atom stereocenters. The Hall–Kier alpha value is -2.25. The minimum absolute atomic E-state index is 0.273. The molecule has 0 spiro atoms. The Bertz CT molecular complexity index is 787. The third-order valence-corrected chi connectivity index (χ3v) is 5.83. The molecule has 1 aliphatic rings. The van der Waals surface area contributed by atoms with Crippen LogP contribution >= 0.6 is 11.3 Å². The molecular weight excluding hydrogens is 336 g/mol. The number of benzene rings is 1. The summed E-state index contributed by atoms with van der Waals surface area (Å²) in [5.74, 6) is -0.716. The quantitative estimate of drug-likeness (QED) is 0.855. The van der Waals surface area contributed by atoms with Gasteiger partial charge in [0, 0.05) is 23.1 Å². The zero-order chi connectivity index (χ0) is 18.0. The summed E-state index contributed by atoms with van der Waals surface area (Å²) in [6.45, 7) is 3.37. The molecule has 2 aromatic rings. The van der Waals surface area contributed by atoms with Crippen molar-refractivity contribution < 1.29 is 9.59 Å². The second-order valence-corrected chi connectivity index (χ2v) is 7.46. The number of thiazole rings is 1. The average Bonchev–Trinajstić information content (AvgIpc) is 3.05. The molecule has 1 aliphatic heterocycles. The van der Waals surface area contributed by atoms with Crippen LogP contribution < -0.4 is 11.5 Å². The fourth-order valence-corrected chi connectivity index (χ4v) is 4.01. The second-order valence-electron chi connectivity index (χ2n) is 6.60. The molecule has 1 saturated heterocycles. The Balaban J connectivity index is 1.77. The lowest BCUT2D eigenvalue weighted by atomic mass is 9.87. The number of amides is 2. The van der Waals surface area contributed by atoms with Gasteiger partial charge < -0.3 is 11.5 Å². The number of likely N-dealkylation sites (tertiary alicyclic amines) is 1. The number of carbonyl (C=O) groups is 2. The van der Waals surface area contributed by atoms with E-state index in [9.17, 15) is 9.59 Å². The van der Waals surface area contributed by atoms with Gasteiger partial charge >= 0.3 is 0 Å². The summed E-state index contributed by atoms with van der Waals surface area (Å²) in [4.78, 5) is 29.9. The molecule has 0 saturated carbocycles. The number of nitrogens with two attached hydrogens (primary N) is 2. The molecular formula is C18H22N4O2S. The first-order valence-corrected chi connectivity index (χ1v) is 9.18. The molecule has 7 heteroatoms. The summed E-state index contributed by atoms with van der Waals surface area (Å²) in [6.07, 6.45) is 2.87. The van der Waals surface area contributed by atoms with Crippen LogP contribution in [0.15, 0.2) is 29.6 Å². The van der Waals surface area contributed by atoms with Crippen LogP contribution in [0, 0.1) is 0 Å². The number of carbonyl (C=O) groups excluding carboxylic acids is 2. The molecule has 3 rings (SSSR count). The van der Waals surface area contributed by atoms with Crippen LogP contribution in [-0.2, 0) is 11.3 Å². The Kier molecular flexibility index (Phi) is 4.87. The van der Waals surface area contributed by atoms with Crippen molar-refractivity contribution in [1.82, 2.24) is 9.88 Å². The topological polar surface area (TPSA) is 102 Å². The van der Waals surface area contributed by atoms with Crippen molar-refractivity contribution in [3.05, 3.63) is 40.9 Å². The zero-order valence-corrected chi connectivity index (χ0v) is 15.0. The normalized spacial score (nSPS) is 21.2. The van der Waals surface area contributed by atoms with E-state index in [2.05, 4.69) is 9.88 Å². The molecule has 1 unspecified atom stereocenters. The second kappa shape index (κ2) is 6.93. The van der Waals surface area contributed by atoms with Crippen molar-refractivity contribution in [3.63, 3.8) is 0 Å². The Labute approximate surface area is 150 Å². The molecule has 132 valence electrons. The summed E-state index contributed by atoms with van der Waals surface area (Å²) >= 11 is 1.54. The summed E-state index contributed by atoms with van der Waals surface area (Å²) < 4.78 is 0. The molecule has 1 fully saturated rings. The van der Waals surface area contributed by atoms with E-state index < -0.39 is 11.4 Å². The van der Waals surface area contributed by atoms with E-state index in [1.54, 1.807) is 23.5 Å². The van der Waals surface area contributed by atoms with Gasteiger partial charge in [0.1, 0.15) is 5.01 Å². The number of piperidine rings is 1. The van der Waals surface area contributed by atoms with Gasteiger partial charge in [-0.3, -0.25) is 14.5 Å². The number of primary amides is 2. The molecule has 25 heavy (non-hydrogen) atoms. The SMILES string of the molecule is CC1(C(N)=O)CCCCN1Cc1csc(-c2ccc(C(N)=O)cc2)n1.